The summed E-state index contributed by atoms with van der Waals surface area (Å²) in [6.45, 7) is 1.79. The van der Waals surface area contributed by atoms with E-state index in [0.717, 1.165) is 35.4 Å². The SMILES string of the molecule is Clc1ccc(CSCCNCc2ccco2)cc1. The topological polar surface area (TPSA) is 25.2 Å². The molecule has 0 bridgehead atoms. The zero-order chi connectivity index (χ0) is 12.6. The molecule has 0 atom stereocenters. The van der Waals surface area contributed by atoms with Crippen molar-refractivity contribution in [1.82, 2.24) is 5.32 Å². The zero-order valence-corrected chi connectivity index (χ0v) is 11.6. The van der Waals surface area contributed by atoms with Crippen LogP contribution in [0.3, 0.4) is 0 Å². The first kappa shape index (κ1) is 13.5. The van der Waals surface area contributed by atoms with Crippen LogP contribution < -0.4 is 5.32 Å². The Morgan fingerprint density at radius 1 is 1.17 bits per heavy atom. The molecule has 0 fully saturated rings. The number of thioether (sulfide) groups is 1. The summed E-state index contributed by atoms with van der Waals surface area (Å²) in [4.78, 5) is 0. The Hall–Kier alpha value is -0.900. The molecule has 0 amide bonds. The number of benzene rings is 1. The van der Waals surface area contributed by atoms with Crippen LogP contribution in [-0.4, -0.2) is 12.3 Å². The normalized spacial score (nSPS) is 10.7. The van der Waals surface area contributed by atoms with Crippen LogP contribution in [0.5, 0.6) is 0 Å². The van der Waals surface area contributed by atoms with Gasteiger partial charge in [0.2, 0.25) is 0 Å². The van der Waals surface area contributed by atoms with E-state index in [0.29, 0.717) is 0 Å². The van der Waals surface area contributed by atoms with Gasteiger partial charge in [0.1, 0.15) is 5.76 Å². The number of rotatable bonds is 7. The first-order chi connectivity index (χ1) is 8.84. The Kier molecular flexibility index (Phi) is 5.65. The lowest BCUT2D eigenvalue weighted by Gasteiger charge is -2.03. The van der Waals surface area contributed by atoms with Gasteiger partial charge in [-0.1, -0.05) is 23.7 Å². The van der Waals surface area contributed by atoms with Gasteiger partial charge in [-0.25, -0.2) is 0 Å². The quantitative estimate of drug-likeness (QED) is 0.778. The lowest BCUT2D eigenvalue weighted by Crippen LogP contribution is -2.16. The molecule has 0 unspecified atom stereocenters. The van der Waals surface area contributed by atoms with Gasteiger partial charge in [-0.05, 0) is 29.8 Å². The summed E-state index contributed by atoms with van der Waals surface area (Å²) < 4.78 is 5.24. The molecule has 96 valence electrons. The lowest BCUT2D eigenvalue weighted by molar-refractivity contribution is 0.488. The molecule has 0 aliphatic heterocycles. The van der Waals surface area contributed by atoms with Crippen LogP contribution in [0.2, 0.25) is 5.02 Å². The standard InChI is InChI=1S/C14H16ClNOS/c15-13-5-3-12(4-6-13)11-18-9-7-16-10-14-2-1-8-17-14/h1-6,8,16H,7,9-11H2. The fraction of sp³-hybridized carbons (Fsp3) is 0.286. The number of hydrogen-bond donors (Lipinski definition) is 1. The van der Waals surface area contributed by atoms with Gasteiger partial charge in [0, 0.05) is 23.1 Å². The first-order valence-corrected chi connectivity index (χ1v) is 7.43. The van der Waals surface area contributed by atoms with E-state index in [-0.39, 0.29) is 0 Å². The fourth-order valence-corrected chi connectivity index (χ4v) is 2.53. The minimum absolute atomic E-state index is 0.795. The molecule has 0 saturated carbocycles. The third kappa shape index (κ3) is 4.77. The van der Waals surface area contributed by atoms with Crippen LogP contribution >= 0.6 is 23.4 Å². The van der Waals surface area contributed by atoms with Gasteiger partial charge >= 0.3 is 0 Å². The van der Waals surface area contributed by atoms with Gasteiger partial charge in [0.05, 0.1) is 12.8 Å². The van der Waals surface area contributed by atoms with Crippen molar-refractivity contribution in [2.75, 3.05) is 12.3 Å². The Morgan fingerprint density at radius 3 is 2.72 bits per heavy atom. The molecule has 18 heavy (non-hydrogen) atoms. The zero-order valence-electron chi connectivity index (χ0n) is 10.1. The Morgan fingerprint density at radius 2 is 2.00 bits per heavy atom. The van der Waals surface area contributed by atoms with E-state index in [1.165, 1.54) is 5.56 Å². The molecule has 0 radical (unpaired) electrons. The van der Waals surface area contributed by atoms with Crippen molar-refractivity contribution >= 4 is 23.4 Å². The minimum atomic E-state index is 0.795. The Balaban J connectivity index is 1.55. The van der Waals surface area contributed by atoms with Crippen molar-refractivity contribution < 1.29 is 4.42 Å². The van der Waals surface area contributed by atoms with Crippen molar-refractivity contribution in [3.05, 3.63) is 59.0 Å². The van der Waals surface area contributed by atoms with E-state index < -0.39 is 0 Å². The van der Waals surface area contributed by atoms with E-state index in [2.05, 4.69) is 17.4 Å². The van der Waals surface area contributed by atoms with Crippen LogP contribution in [0.1, 0.15) is 11.3 Å². The molecule has 0 aliphatic rings. The smallest absolute Gasteiger partial charge is 0.117 e. The maximum atomic E-state index is 5.84. The highest BCUT2D eigenvalue weighted by atomic mass is 35.5. The van der Waals surface area contributed by atoms with Crippen LogP contribution in [0.4, 0.5) is 0 Å². The molecule has 4 heteroatoms. The average molecular weight is 282 g/mol. The van der Waals surface area contributed by atoms with E-state index in [4.69, 9.17) is 16.0 Å². The second-order valence-electron chi connectivity index (χ2n) is 3.94. The predicted molar refractivity (Wildman–Crippen MR) is 78.0 cm³/mol. The second-order valence-corrected chi connectivity index (χ2v) is 5.48. The molecular weight excluding hydrogens is 266 g/mol. The number of furan rings is 1. The van der Waals surface area contributed by atoms with Gasteiger partial charge in [-0.15, -0.1) is 0 Å². The largest absolute Gasteiger partial charge is 0.468 e. The van der Waals surface area contributed by atoms with Gasteiger partial charge in [-0.2, -0.15) is 11.8 Å². The summed E-state index contributed by atoms with van der Waals surface area (Å²) in [7, 11) is 0. The van der Waals surface area contributed by atoms with E-state index in [9.17, 15) is 0 Å². The van der Waals surface area contributed by atoms with Crippen molar-refractivity contribution in [2.45, 2.75) is 12.3 Å². The van der Waals surface area contributed by atoms with Gasteiger partial charge in [0.15, 0.2) is 0 Å². The molecule has 2 nitrogen and oxygen atoms in total. The van der Waals surface area contributed by atoms with Crippen molar-refractivity contribution in [3.8, 4) is 0 Å². The highest BCUT2D eigenvalue weighted by molar-refractivity contribution is 7.98. The molecule has 1 aromatic carbocycles. The van der Waals surface area contributed by atoms with Gasteiger partial charge < -0.3 is 9.73 Å². The maximum absolute atomic E-state index is 5.84. The molecule has 0 spiro atoms. The fourth-order valence-electron chi connectivity index (χ4n) is 1.54. The summed E-state index contributed by atoms with van der Waals surface area (Å²) in [6.07, 6.45) is 1.70. The van der Waals surface area contributed by atoms with Crippen LogP contribution in [0.25, 0.3) is 0 Å². The third-order valence-electron chi connectivity index (χ3n) is 2.48. The molecule has 1 aromatic heterocycles. The third-order valence-corrected chi connectivity index (χ3v) is 3.77. The number of nitrogens with one attached hydrogen (secondary N) is 1. The van der Waals surface area contributed by atoms with Crippen molar-refractivity contribution in [1.29, 1.82) is 0 Å². The summed E-state index contributed by atoms with van der Waals surface area (Å²) in [5, 5.41) is 4.14. The van der Waals surface area contributed by atoms with E-state index >= 15 is 0 Å². The number of hydrogen-bond acceptors (Lipinski definition) is 3. The second kappa shape index (κ2) is 7.52. The Bertz CT molecular complexity index is 441. The minimum Gasteiger partial charge on any atom is -0.468 e. The average Bonchev–Trinajstić information content (AvgIpc) is 2.89. The summed E-state index contributed by atoms with van der Waals surface area (Å²) in [6, 6.07) is 11.9. The van der Waals surface area contributed by atoms with Gasteiger partial charge in [0.25, 0.3) is 0 Å². The molecule has 2 rings (SSSR count). The molecule has 0 aliphatic carbocycles. The molecular formula is C14H16ClNOS. The monoisotopic (exact) mass is 281 g/mol. The highest BCUT2D eigenvalue weighted by Crippen LogP contribution is 2.14. The van der Waals surface area contributed by atoms with Crippen molar-refractivity contribution in [2.24, 2.45) is 0 Å². The first-order valence-electron chi connectivity index (χ1n) is 5.90. The Labute approximate surface area is 117 Å². The molecule has 2 aromatic rings. The van der Waals surface area contributed by atoms with Crippen LogP contribution in [0.15, 0.2) is 47.1 Å². The maximum Gasteiger partial charge on any atom is 0.117 e. The lowest BCUT2D eigenvalue weighted by atomic mass is 10.2. The number of halogens is 1. The molecule has 1 heterocycles. The van der Waals surface area contributed by atoms with Crippen LogP contribution in [-0.2, 0) is 12.3 Å². The molecule has 0 saturated heterocycles. The molecule has 1 N–H and O–H groups in total. The van der Waals surface area contributed by atoms with E-state index in [1.54, 1.807) is 6.26 Å². The summed E-state index contributed by atoms with van der Waals surface area (Å²) in [5.74, 6) is 3.10. The highest BCUT2D eigenvalue weighted by Gasteiger charge is 1.96. The van der Waals surface area contributed by atoms with Crippen LogP contribution in [0, 0.1) is 0 Å². The summed E-state index contributed by atoms with van der Waals surface area (Å²) >= 11 is 7.75. The van der Waals surface area contributed by atoms with Crippen molar-refractivity contribution in [3.63, 3.8) is 0 Å². The summed E-state index contributed by atoms with van der Waals surface area (Å²) in [5.41, 5.74) is 1.32. The van der Waals surface area contributed by atoms with Gasteiger partial charge in [-0.3, -0.25) is 0 Å². The predicted octanol–water partition coefficient (Wildman–Crippen LogP) is 3.96. The van der Waals surface area contributed by atoms with E-state index in [1.807, 2.05) is 36.0 Å².